The largest absolute Gasteiger partial charge is 0.352 e. The van der Waals surface area contributed by atoms with Gasteiger partial charge in [-0.2, -0.15) is 5.26 Å². The van der Waals surface area contributed by atoms with Crippen LogP contribution in [-0.4, -0.2) is 5.78 Å². The molecule has 2 aromatic rings. The summed E-state index contributed by atoms with van der Waals surface area (Å²) in [6.45, 7) is 0. The van der Waals surface area contributed by atoms with Crippen molar-refractivity contribution in [1.82, 2.24) is 5.32 Å². The van der Waals surface area contributed by atoms with E-state index in [9.17, 15) is 10.1 Å². The van der Waals surface area contributed by atoms with Crippen molar-refractivity contribution in [1.29, 1.82) is 5.26 Å². The molecule has 1 aliphatic heterocycles. The minimum atomic E-state index is -0.220. The van der Waals surface area contributed by atoms with Crippen LogP contribution in [0.4, 0.5) is 0 Å². The molecule has 0 saturated carbocycles. The van der Waals surface area contributed by atoms with Crippen LogP contribution in [0.25, 0.3) is 0 Å². The van der Waals surface area contributed by atoms with Gasteiger partial charge in [0, 0.05) is 28.3 Å². The topological polar surface area (TPSA) is 52.9 Å². The fraction of sp³-hybridized carbons (Fsp3) is 0.238. The summed E-state index contributed by atoms with van der Waals surface area (Å²) in [4.78, 5) is 13.7. The van der Waals surface area contributed by atoms with Gasteiger partial charge in [-0.3, -0.25) is 4.79 Å². The van der Waals surface area contributed by atoms with Crippen molar-refractivity contribution in [2.75, 3.05) is 0 Å². The number of carbonyl (C=O) groups excluding carboxylic acids is 1. The summed E-state index contributed by atoms with van der Waals surface area (Å²) in [5, 5.41) is 16.2. The second-order valence-corrected chi connectivity index (χ2v) is 8.34. The maximum absolute atomic E-state index is 12.6. The highest BCUT2D eigenvalue weighted by Crippen LogP contribution is 2.45. The van der Waals surface area contributed by atoms with Crippen molar-refractivity contribution >= 4 is 28.9 Å². The number of nitriles is 1. The Labute approximate surface area is 161 Å². The first-order valence-electron chi connectivity index (χ1n) is 8.65. The molecule has 0 saturated heterocycles. The van der Waals surface area contributed by atoms with Gasteiger partial charge in [-0.05, 0) is 29.9 Å². The molecule has 0 spiro atoms. The highest BCUT2D eigenvalue weighted by Gasteiger charge is 2.37. The Hall–Kier alpha value is -2.29. The fourth-order valence-corrected chi connectivity index (χ4v) is 5.37. The zero-order valence-corrected chi connectivity index (χ0v) is 15.8. The summed E-state index contributed by atoms with van der Waals surface area (Å²) in [6.07, 6.45) is 2.32. The Balaban J connectivity index is 1.72. The van der Waals surface area contributed by atoms with Gasteiger partial charge in [0.05, 0.1) is 22.6 Å². The van der Waals surface area contributed by atoms with Crippen LogP contribution in [-0.2, 0) is 10.5 Å². The maximum Gasteiger partial charge on any atom is 0.161 e. The van der Waals surface area contributed by atoms with Crippen molar-refractivity contribution in [2.24, 2.45) is 0 Å². The number of benzene rings is 1. The van der Waals surface area contributed by atoms with E-state index in [-0.39, 0.29) is 11.7 Å². The van der Waals surface area contributed by atoms with Gasteiger partial charge in [-0.1, -0.05) is 36.4 Å². The number of rotatable bonds is 4. The number of nitrogens with zero attached hydrogens (tertiary/aromatic N) is 1. The Morgan fingerprint density at radius 1 is 1.19 bits per heavy atom. The Morgan fingerprint density at radius 2 is 2.04 bits per heavy atom. The number of hydrogen-bond acceptors (Lipinski definition) is 5. The molecule has 1 atom stereocenters. The van der Waals surface area contributed by atoms with E-state index < -0.39 is 0 Å². The number of hydrogen-bond donors (Lipinski definition) is 1. The molecule has 1 unspecified atom stereocenters. The van der Waals surface area contributed by atoms with Gasteiger partial charge >= 0.3 is 0 Å². The minimum Gasteiger partial charge on any atom is -0.352 e. The van der Waals surface area contributed by atoms with Crippen LogP contribution in [0, 0.1) is 11.3 Å². The van der Waals surface area contributed by atoms with Crippen LogP contribution in [0.5, 0.6) is 0 Å². The van der Waals surface area contributed by atoms with E-state index in [1.807, 2.05) is 35.7 Å². The molecule has 130 valence electrons. The quantitative estimate of drug-likeness (QED) is 0.803. The molecule has 3 nitrogen and oxygen atoms in total. The molecule has 0 amide bonds. The molecule has 2 heterocycles. The summed E-state index contributed by atoms with van der Waals surface area (Å²) in [5.74, 6) is 0.751. The lowest BCUT2D eigenvalue weighted by molar-refractivity contribution is -0.116. The minimum absolute atomic E-state index is 0.178. The zero-order chi connectivity index (χ0) is 17.9. The van der Waals surface area contributed by atoms with E-state index in [1.54, 1.807) is 23.1 Å². The van der Waals surface area contributed by atoms with E-state index in [0.717, 1.165) is 39.8 Å². The standard InChI is InChI=1S/C21H18N2OS2/c22-12-15-19(18-10-5-11-25-18)20-16(8-4-9-17(20)24)23-21(15)26-13-14-6-2-1-3-7-14/h1-3,5-7,10-11,19,23H,4,8-9,13H2. The summed E-state index contributed by atoms with van der Waals surface area (Å²) in [5.41, 5.74) is 3.70. The fourth-order valence-electron chi connectivity index (χ4n) is 3.51. The van der Waals surface area contributed by atoms with E-state index in [4.69, 9.17) is 0 Å². The van der Waals surface area contributed by atoms with Crippen LogP contribution in [0.3, 0.4) is 0 Å². The molecule has 0 bridgehead atoms. The first kappa shape index (κ1) is 17.1. The van der Waals surface area contributed by atoms with E-state index >= 15 is 0 Å². The van der Waals surface area contributed by atoms with E-state index in [2.05, 4.69) is 23.5 Å². The third-order valence-corrected chi connectivity index (χ3v) is 6.74. The summed E-state index contributed by atoms with van der Waals surface area (Å²) in [6, 6.07) is 16.7. The molecular formula is C21H18N2OS2. The highest BCUT2D eigenvalue weighted by atomic mass is 32.2. The summed E-state index contributed by atoms with van der Waals surface area (Å²) in [7, 11) is 0. The van der Waals surface area contributed by atoms with Gasteiger partial charge in [-0.25, -0.2) is 0 Å². The van der Waals surface area contributed by atoms with Crippen molar-refractivity contribution in [3.05, 3.63) is 80.2 Å². The lowest BCUT2D eigenvalue weighted by Gasteiger charge is -2.32. The Morgan fingerprint density at radius 3 is 2.77 bits per heavy atom. The number of ketones is 1. The van der Waals surface area contributed by atoms with Crippen molar-refractivity contribution in [3.8, 4) is 6.07 Å². The molecule has 1 aliphatic carbocycles. The van der Waals surface area contributed by atoms with Gasteiger partial charge in [0.25, 0.3) is 0 Å². The molecule has 1 N–H and O–H groups in total. The van der Waals surface area contributed by atoms with Crippen molar-refractivity contribution < 1.29 is 4.79 Å². The monoisotopic (exact) mass is 378 g/mol. The molecular weight excluding hydrogens is 360 g/mol. The van der Waals surface area contributed by atoms with E-state index in [0.29, 0.717) is 12.0 Å². The van der Waals surface area contributed by atoms with Gasteiger partial charge in [0.15, 0.2) is 5.78 Å². The SMILES string of the molecule is N#CC1=C(SCc2ccccc2)NC2=C(C(=O)CCC2)C1c1cccs1. The molecule has 4 rings (SSSR count). The van der Waals surface area contributed by atoms with E-state index in [1.165, 1.54) is 5.56 Å². The molecule has 0 radical (unpaired) electrons. The second-order valence-electron chi connectivity index (χ2n) is 6.37. The summed E-state index contributed by atoms with van der Waals surface area (Å²) < 4.78 is 0. The third kappa shape index (κ3) is 3.23. The normalized spacial score (nSPS) is 19.8. The summed E-state index contributed by atoms with van der Waals surface area (Å²) >= 11 is 3.26. The van der Waals surface area contributed by atoms with Crippen LogP contribution in [0.1, 0.15) is 35.6 Å². The first-order valence-corrected chi connectivity index (χ1v) is 10.5. The average Bonchev–Trinajstić information content (AvgIpc) is 3.20. The smallest absolute Gasteiger partial charge is 0.161 e. The maximum atomic E-state index is 12.6. The van der Waals surface area contributed by atoms with Gasteiger partial charge in [0.2, 0.25) is 0 Å². The molecule has 1 aromatic carbocycles. The number of thiophene rings is 1. The number of Topliss-reactive ketones (excluding diaryl/α,β-unsaturated/α-hetero) is 1. The number of carbonyl (C=O) groups is 1. The van der Waals surface area contributed by atoms with Gasteiger partial charge in [0.1, 0.15) is 0 Å². The lowest BCUT2D eigenvalue weighted by Crippen LogP contribution is -2.31. The third-order valence-electron chi connectivity index (χ3n) is 4.72. The van der Waals surface area contributed by atoms with Gasteiger partial charge < -0.3 is 5.32 Å². The van der Waals surface area contributed by atoms with Crippen molar-refractivity contribution in [3.63, 3.8) is 0 Å². The average molecular weight is 379 g/mol. The lowest BCUT2D eigenvalue weighted by atomic mass is 9.79. The Bertz CT molecular complexity index is 921. The Kier molecular flexibility index (Phi) is 4.96. The van der Waals surface area contributed by atoms with Gasteiger partial charge in [-0.15, -0.1) is 23.1 Å². The molecule has 0 fully saturated rings. The predicted octanol–water partition coefficient (Wildman–Crippen LogP) is 5.11. The molecule has 5 heteroatoms. The molecule has 26 heavy (non-hydrogen) atoms. The van der Waals surface area contributed by atoms with Crippen LogP contribution >= 0.6 is 23.1 Å². The zero-order valence-electron chi connectivity index (χ0n) is 14.2. The van der Waals surface area contributed by atoms with Crippen molar-refractivity contribution in [2.45, 2.75) is 30.9 Å². The number of dihydropyridines is 1. The number of nitrogens with one attached hydrogen (secondary N) is 1. The molecule has 2 aliphatic rings. The number of thioether (sulfide) groups is 1. The van der Waals surface area contributed by atoms with Crippen LogP contribution < -0.4 is 5.32 Å². The highest BCUT2D eigenvalue weighted by molar-refractivity contribution is 8.02. The molecule has 1 aromatic heterocycles. The second kappa shape index (κ2) is 7.53. The first-order chi connectivity index (χ1) is 12.8. The predicted molar refractivity (Wildman–Crippen MR) is 106 cm³/mol. The number of allylic oxidation sites excluding steroid dienone is 3. The van der Waals surface area contributed by atoms with Crippen LogP contribution in [0.2, 0.25) is 0 Å². The van der Waals surface area contributed by atoms with Crippen LogP contribution in [0.15, 0.2) is 69.7 Å².